The van der Waals surface area contributed by atoms with Gasteiger partial charge in [-0.25, -0.2) is 4.79 Å². The molecule has 0 aliphatic carbocycles. The Labute approximate surface area is 110 Å². The van der Waals surface area contributed by atoms with Crippen molar-refractivity contribution in [3.8, 4) is 5.75 Å². The number of aryl methyl sites for hydroxylation is 1. The third-order valence-electron chi connectivity index (χ3n) is 3.16. The van der Waals surface area contributed by atoms with Gasteiger partial charge in [0.15, 0.2) is 6.10 Å². The van der Waals surface area contributed by atoms with Crippen LogP contribution in [0.2, 0.25) is 0 Å². The zero-order chi connectivity index (χ0) is 13.2. The van der Waals surface area contributed by atoms with Crippen molar-refractivity contribution in [1.82, 2.24) is 5.32 Å². The molecule has 1 unspecified atom stereocenters. The standard InChI is InChI=1S/C13H14N2O4/c16-12-4-2-8-1-3-9(5-11(8)15-12)18-7-10-6-14-13(17)19-10/h1,3,5,10H,2,4,6-7H2,(H,14,17)(H,15,16). The minimum atomic E-state index is -0.411. The van der Waals surface area contributed by atoms with Gasteiger partial charge in [0.05, 0.1) is 6.54 Å². The fourth-order valence-corrected chi connectivity index (χ4v) is 2.15. The second-order valence-corrected chi connectivity index (χ2v) is 4.59. The van der Waals surface area contributed by atoms with E-state index in [1.807, 2.05) is 12.1 Å². The Morgan fingerprint density at radius 2 is 2.21 bits per heavy atom. The molecule has 1 fully saturated rings. The lowest BCUT2D eigenvalue weighted by Crippen LogP contribution is -2.22. The van der Waals surface area contributed by atoms with Crippen LogP contribution >= 0.6 is 0 Å². The Hall–Kier alpha value is -2.24. The maximum absolute atomic E-state index is 11.3. The fourth-order valence-electron chi connectivity index (χ4n) is 2.15. The van der Waals surface area contributed by atoms with Crippen LogP contribution in [0.1, 0.15) is 12.0 Å². The van der Waals surface area contributed by atoms with E-state index in [0.29, 0.717) is 25.3 Å². The van der Waals surface area contributed by atoms with Crippen molar-refractivity contribution in [2.24, 2.45) is 0 Å². The minimum Gasteiger partial charge on any atom is -0.490 e. The highest BCUT2D eigenvalue weighted by atomic mass is 16.6. The molecule has 3 rings (SSSR count). The van der Waals surface area contributed by atoms with Crippen LogP contribution in [0.15, 0.2) is 18.2 Å². The largest absolute Gasteiger partial charge is 0.490 e. The molecule has 2 heterocycles. The van der Waals surface area contributed by atoms with Crippen LogP contribution in [-0.2, 0) is 16.0 Å². The van der Waals surface area contributed by atoms with Gasteiger partial charge < -0.3 is 20.1 Å². The van der Waals surface area contributed by atoms with Gasteiger partial charge in [-0.15, -0.1) is 0 Å². The fraction of sp³-hybridized carbons (Fsp3) is 0.385. The molecule has 6 heteroatoms. The van der Waals surface area contributed by atoms with Crippen molar-refractivity contribution in [3.05, 3.63) is 23.8 Å². The van der Waals surface area contributed by atoms with Gasteiger partial charge in [0.2, 0.25) is 5.91 Å². The normalized spacial score (nSPS) is 21.2. The molecule has 0 aromatic heterocycles. The Kier molecular flexibility index (Phi) is 2.98. The van der Waals surface area contributed by atoms with Crippen LogP contribution in [0.5, 0.6) is 5.75 Å². The number of hydrogen-bond acceptors (Lipinski definition) is 4. The van der Waals surface area contributed by atoms with Crippen LogP contribution in [0.4, 0.5) is 10.5 Å². The van der Waals surface area contributed by atoms with Gasteiger partial charge in [-0.1, -0.05) is 6.07 Å². The number of cyclic esters (lactones) is 1. The highest BCUT2D eigenvalue weighted by molar-refractivity contribution is 5.94. The lowest BCUT2D eigenvalue weighted by atomic mass is 10.0. The summed E-state index contributed by atoms with van der Waals surface area (Å²) in [5.74, 6) is 0.683. The summed E-state index contributed by atoms with van der Waals surface area (Å²) in [5, 5.41) is 5.38. The van der Waals surface area contributed by atoms with Gasteiger partial charge >= 0.3 is 6.09 Å². The first-order chi connectivity index (χ1) is 9.20. The molecule has 1 aromatic rings. The first-order valence-corrected chi connectivity index (χ1v) is 6.21. The molecule has 0 radical (unpaired) electrons. The number of anilines is 1. The van der Waals surface area contributed by atoms with Crippen molar-refractivity contribution in [2.75, 3.05) is 18.5 Å². The first-order valence-electron chi connectivity index (χ1n) is 6.21. The third kappa shape index (κ3) is 2.62. The summed E-state index contributed by atoms with van der Waals surface area (Å²) in [7, 11) is 0. The summed E-state index contributed by atoms with van der Waals surface area (Å²) in [4.78, 5) is 22.2. The molecule has 100 valence electrons. The zero-order valence-electron chi connectivity index (χ0n) is 10.3. The van der Waals surface area contributed by atoms with E-state index < -0.39 is 6.09 Å². The van der Waals surface area contributed by atoms with Crippen molar-refractivity contribution in [1.29, 1.82) is 0 Å². The number of nitrogens with one attached hydrogen (secondary N) is 2. The molecule has 2 aliphatic rings. The second kappa shape index (κ2) is 4.79. The van der Waals surface area contributed by atoms with E-state index in [1.165, 1.54) is 0 Å². The van der Waals surface area contributed by atoms with Gasteiger partial charge in [-0.3, -0.25) is 4.79 Å². The maximum atomic E-state index is 11.3. The molecule has 2 amide bonds. The number of carbonyl (C=O) groups is 2. The SMILES string of the molecule is O=C1CCc2ccc(OCC3CNC(=O)O3)cc2N1. The van der Waals surface area contributed by atoms with Crippen LogP contribution in [-0.4, -0.2) is 31.3 Å². The summed E-state index contributed by atoms with van der Waals surface area (Å²) in [6.07, 6.45) is 0.604. The van der Waals surface area contributed by atoms with E-state index >= 15 is 0 Å². The van der Waals surface area contributed by atoms with Gasteiger partial charge in [0, 0.05) is 18.2 Å². The lowest BCUT2D eigenvalue weighted by molar-refractivity contribution is -0.116. The predicted octanol–water partition coefficient (Wildman–Crippen LogP) is 1.06. The van der Waals surface area contributed by atoms with Crippen molar-refractivity contribution >= 4 is 17.7 Å². The zero-order valence-corrected chi connectivity index (χ0v) is 10.3. The number of fused-ring (bicyclic) bond motifs is 1. The summed E-state index contributed by atoms with van der Waals surface area (Å²) < 4.78 is 10.5. The Bertz CT molecular complexity index is 529. The van der Waals surface area contributed by atoms with E-state index in [4.69, 9.17) is 9.47 Å². The Morgan fingerprint density at radius 3 is 3.00 bits per heavy atom. The summed E-state index contributed by atoms with van der Waals surface area (Å²) in [6, 6.07) is 5.61. The minimum absolute atomic E-state index is 0.0265. The van der Waals surface area contributed by atoms with Gasteiger partial charge in [0.1, 0.15) is 12.4 Å². The summed E-state index contributed by atoms with van der Waals surface area (Å²) >= 11 is 0. The van der Waals surface area contributed by atoms with E-state index in [-0.39, 0.29) is 12.0 Å². The maximum Gasteiger partial charge on any atom is 0.407 e. The van der Waals surface area contributed by atoms with Crippen LogP contribution < -0.4 is 15.4 Å². The molecule has 2 N–H and O–H groups in total. The Morgan fingerprint density at radius 1 is 1.32 bits per heavy atom. The number of carbonyl (C=O) groups excluding carboxylic acids is 2. The number of amides is 2. The van der Waals surface area contributed by atoms with Crippen LogP contribution in [0.25, 0.3) is 0 Å². The Balaban J connectivity index is 1.64. The predicted molar refractivity (Wildman–Crippen MR) is 67.2 cm³/mol. The topological polar surface area (TPSA) is 76.7 Å². The molecule has 1 saturated heterocycles. The molecule has 19 heavy (non-hydrogen) atoms. The highest BCUT2D eigenvalue weighted by Crippen LogP contribution is 2.27. The average Bonchev–Trinajstić information content (AvgIpc) is 2.81. The molecule has 0 saturated carbocycles. The molecule has 0 bridgehead atoms. The smallest absolute Gasteiger partial charge is 0.407 e. The van der Waals surface area contributed by atoms with Crippen LogP contribution in [0, 0.1) is 0 Å². The molecular formula is C13H14N2O4. The molecule has 0 spiro atoms. The van der Waals surface area contributed by atoms with E-state index in [1.54, 1.807) is 6.07 Å². The summed E-state index contributed by atoms with van der Waals surface area (Å²) in [5.41, 5.74) is 1.91. The number of benzene rings is 1. The molecule has 1 aromatic carbocycles. The molecule has 1 atom stereocenters. The van der Waals surface area contributed by atoms with Crippen LogP contribution in [0.3, 0.4) is 0 Å². The molecule has 2 aliphatic heterocycles. The van der Waals surface area contributed by atoms with Crippen molar-refractivity contribution < 1.29 is 19.1 Å². The van der Waals surface area contributed by atoms with Crippen molar-refractivity contribution in [2.45, 2.75) is 18.9 Å². The van der Waals surface area contributed by atoms with Gasteiger partial charge in [0.25, 0.3) is 0 Å². The van der Waals surface area contributed by atoms with E-state index in [0.717, 1.165) is 17.7 Å². The molecule has 6 nitrogen and oxygen atoms in total. The monoisotopic (exact) mass is 262 g/mol. The van der Waals surface area contributed by atoms with Gasteiger partial charge in [-0.05, 0) is 18.1 Å². The van der Waals surface area contributed by atoms with Crippen molar-refractivity contribution in [3.63, 3.8) is 0 Å². The summed E-state index contributed by atoms with van der Waals surface area (Å²) in [6.45, 7) is 0.756. The number of ether oxygens (including phenoxy) is 2. The number of rotatable bonds is 3. The van der Waals surface area contributed by atoms with Gasteiger partial charge in [-0.2, -0.15) is 0 Å². The van der Waals surface area contributed by atoms with E-state index in [9.17, 15) is 9.59 Å². The lowest BCUT2D eigenvalue weighted by Gasteiger charge is -2.18. The second-order valence-electron chi connectivity index (χ2n) is 4.59. The highest BCUT2D eigenvalue weighted by Gasteiger charge is 2.23. The quantitative estimate of drug-likeness (QED) is 0.854. The first kappa shape index (κ1) is 11.8. The molecular weight excluding hydrogens is 248 g/mol. The third-order valence-corrected chi connectivity index (χ3v) is 3.16. The number of alkyl carbamates (subject to hydrolysis) is 1. The van der Waals surface area contributed by atoms with E-state index in [2.05, 4.69) is 10.6 Å². The number of hydrogen-bond donors (Lipinski definition) is 2. The average molecular weight is 262 g/mol.